The SMILES string of the molecule is [2H]C1([2H])C=CC([2H])(C(=O)OC)C([2H])(C)C1([2H])c1ccccc1. The molecular formula is C15H18O2. The first-order valence-electron chi connectivity index (χ1n) is 7.89. The number of esters is 1. The number of rotatable bonds is 2. The molecule has 1 aromatic carbocycles. The highest BCUT2D eigenvalue weighted by atomic mass is 16.5. The summed E-state index contributed by atoms with van der Waals surface area (Å²) in [5, 5.41) is 0. The van der Waals surface area contributed by atoms with Crippen molar-refractivity contribution >= 4 is 5.97 Å². The van der Waals surface area contributed by atoms with Gasteiger partial charge in [0.1, 0.15) is 0 Å². The Morgan fingerprint density at radius 2 is 2.18 bits per heavy atom. The van der Waals surface area contributed by atoms with Crippen LogP contribution in [0.2, 0.25) is 0 Å². The van der Waals surface area contributed by atoms with Crippen LogP contribution in [0.15, 0.2) is 42.5 Å². The summed E-state index contributed by atoms with van der Waals surface area (Å²) in [6, 6.07) is 8.07. The van der Waals surface area contributed by atoms with E-state index in [2.05, 4.69) is 4.74 Å². The van der Waals surface area contributed by atoms with Gasteiger partial charge in [-0.1, -0.05) is 49.4 Å². The van der Waals surface area contributed by atoms with Crippen molar-refractivity contribution in [1.29, 1.82) is 0 Å². The summed E-state index contributed by atoms with van der Waals surface area (Å²) in [6.07, 6.45) is -0.168. The standard InChI is InChI=1S/C15H18O2/c1-11-13(12-7-4-3-5-8-12)9-6-10-14(11)15(16)17-2/h3-8,10-11,13-14H,9H2,1-2H3/i9D2,11D,13D,14D. The molecule has 1 aromatic rings. The molecule has 0 amide bonds. The topological polar surface area (TPSA) is 26.3 Å². The van der Waals surface area contributed by atoms with Gasteiger partial charge in [-0.15, -0.1) is 0 Å². The second-order valence-corrected chi connectivity index (χ2v) is 3.75. The number of hydrogen-bond donors (Lipinski definition) is 0. The van der Waals surface area contributed by atoms with Crippen LogP contribution in [0.3, 0.4) is 0 Å². The van der Waals surface area contributed by atoms with Crippen LogP contribution in [0.5, 0.6) is 0 Å². The predicted molar refractivity (Wildman–Crippen MR) is 67.6 cm³/mol. The average molecular weight is 235 g/mol. The minimum Gasteiger partial charge on any atom is -0.469 e. The summed E-state index contributed by atoms with van der Waals surface area (Å²) in [5.41, 5.74) is 0.238. The van der Waals surface area contributed by atoms with Crippen LogP contribution < -0.4 is 0 Å². The molecule has 2 rings (SSSR count). The third-order valence-corrected chi connectivity index (χ3v) is 2.72. The van der Waals surface area contributed by atoms with Crippen molar-refractivity contribution in [3.05, 3.63) is 48.0 Å². The van der Waals surface area contributed by atoms with Gasteiger partial charge in [0, 0.05) is 6.85 Å². The van der Waals surface area contributed by atoms with Crippen LogP contribution in [-0.2, 0) is 9.53 Å². The van der Waals surface area contributed by atoms with Gasteiger partial charge >= 0.3 is 5.97 Å². The molecule has 0 saturated carbocycles. The molecule has 2 heteroatoms. The molecule has 0 bridgehead atoms. The van der Waals surface area contributed by atoms with Gasteiger partial charge in [0.25, 0.3) is 0 Å². The minimum absolute atomic E-state index is 0.238. The molecule has 1 aliphatic carbocycles. The van der Waals surface area contributed by atoms with Gasteiger partial charge in [-0.2, -0.15) is 0 Å². The minimum atomic E-state index is -2.22. The normalized spacial score (nSPS) is 48.0. The lowest BCUT2D eigenvalue weighted by molar-refractivity contribution is -0.145. The van der Waals surface area contributed by atoms with Crippen molar-refractivity contribution in [3.63, 3.8) is 0 Å². The maximum Gasteiger partial charge on any atom is 0.312 e. The summed E-state index contributed by atoms with van der Waals surface area (Å²) < 4.78 is 46.7. The van der Waals surface area contributed by atoms with Gasteiger partial charge in [-0.25, -0.2) is 0 Å². The Morgan fingerprint density at radius 1 is 1.47 bits per heavy atom. The van der Waals surface area contributed by atoms with E-state index in [9.17, 15) is 4.79 Å². The largest absolute Gasteiger partial charge is 0.469 e. The lowest BCUT2D eigenvalue weighted by Gasteiger charge is -2.31. The van der Waals surface area contributed by atoms with Gasteiger partial charge in [0.2, 0.25) is 0 Å². The molecule has 1 aliphatic rings. The van der Waals surface area contributed by atoms with Crippen LogP contribution in [0.4, 0.5) is 0 Å². The quantitative estimate of drug-likeness (QED) is 0.581. The van der Waals surface area contributed by atoms with E-state index in [0.717, 1.165) is 19.3 Å². The van der Waals surface area contributed by atoms with E-state index in [0.29, 0.717) is 0 Å². The molecule has 0 aromatic heterocycles. The van der Waals surface area contributed by atoms with E-state index in [1.54, 1.807) is 18.2 Å². The van der Waals surface area contributed by atoms with E-state index < -0.39 is 30.0 Å². The molecule has 3 atom stereocenters. The van der Waals surface area contributed by atoms with Gasteiger partial charge < -0.3 is 4.74 Å². The monoisotopic (exact) mass is 235 g/mol. The first-order chi connectivity index (χ1) is 10.0. The summed E-state index contributed by atoms with van der Waals surface area (Å²) >= 11 is 0. The molecule has 0 fully saturated rings. The highest BCUT2D eigenvalue weighted by molar-refractivity contribution is 5.75. The summed E-state index contributed by atoms with van der Waals surface area (Å²) in [6.45, 7) is 1.23. The predicted octanol–water partition coefficient (Wildman–Crippen LogP) is 3.16. The fourth-order valence-corrected chi connectivity index (χ4v) is 1.81. The van der Waals surface area contributed by atoms with Crippen molar-refractivity contribution in [2.24, 2.45) is 11.8 Å². The number of ether oxygens (including phenoxy) is 1. The molecule has 17 heavy (non-hydrogen) atoms. The summed E-state index contributed by atoms with van der Waals surface area (Å²) in [5.74, 6) is -7.41. The molecule has 0 N–H and O–H groups in total. The maximum atomic E-state index is 12.0. The lowest BCUT2D eigenvalue weighted by atomic mass is 9.74. The van der Waals surface area contributed by atoms with Crippen molar-refractivity contribution < 1.29 is 16.4 Å². The first-order valence-corrected chi connectivity index (χ1v) is 5.39. The van der Waals surface area contributed by atoms with Crippen LogP contribution in [0.25, 0.3) is 0 Å². The fraction of sp³-hybridized carbons (Fsp3) is 0.400. The van der Waals surface area contributed by atoms with Crippen molar-refractivity contribution in [1.82, 2.24) is 0 Å². The van der Waals surface area contributed by atoms with Crippen molar-refractivity contribution in [2.45, 2.75) is 19.2 Å². The zero-order chi connectivity index (χ0) is 16.8. The van der Waals surface area contributed by atoms with E-state index in [-0.39, 0.29) is 5.56 Å². The average Bonchev–Trinajstić information content (AvgIpc) is 2.50. The number of allylic oxidation sites excluding steroid dienone is 1. The molecule has 0 spiro atoms. The molecule has 0 heterocycles. The van der Waals surface area contributed by atoms with Gasteiger partial charge in [0.15, 0.2) is 0 Å². The van der Waals surface area contributed by atoms with E-state index in [4.69, 9.17) is 6.85 Å². The van der Waals surface area contributed by atoms with Gasteiger partial charge in [0.05, 0.1) is 13.0 Å². The fourth-order valence-electron chi connectivity index (χ4n) is 1.81. The number of carbonyl (C=O) groups excluding carboxylic acids is 1. The van der Waals surface area contributed by atoms with Crippen LogP contribution in [0, 0.1) is 11.8 Å². The van der Waals surface area contributed by atoms with Crippen LogP contribution in [0.1, 0.15) is 31.6 Å². The third-order valence-electron chi connectivity index (χ3n) is 2.72. The van der Waals surface area contributed by atoms with E-state index in [1.807, 2.05) is 0 Å². The summed E-state index contributed by atoms with van der Waals surface area (Å²) in [7, 11) is 1.11. The first kappa shape index (κ1) is 7.00. The lowest BCUT2D eigenvalue weighted by Crippen LogP contribution is -2.28. The third kappa shape index (κ3) is 2.41. The van der Waals surface area contributed by atoms with E-state index in [1.165, 1.54) is 19.1 Å². The second-order valence-electron chi connectivity index (χ2n) is 3.75. The second kappa shape index (κ2) is 5.17. The molecule has 90 valence electrons. The maximum absolute atomic E-state index is 12.0. The number of benzene rings is 1. The molecular weight excluding hydrogens is 212 g/mol. The number of hydrogen-bond acceptors (Lipinski definition) is 2. The van der Waals surface area contributed by atoms with Crippen LogP contribution >= 0.6 is 0 Å². The van der Waals surface area contributed by atoms with E-state index >= 15 is 0 Å². The zero-order valence-corrected chi connectivity index (χ0v) is 9.86. The Bertz CT molecular complexity index is 614. The molecule has 3 unspecified atom stereocenters. The van der Waals surface area contributed by atoms with Gasteiger partial charge in [-0.05, 0) is 23.7 Å². The Kier molecular flexibility index (Phi) is 2.13. The van der Waals surface area contributed by atoms with Crippen molar-refractivity contribution in [2.75, 3.05) is 7.11 Å². The Labute approximate surface area is 109 Å². The Morgan fingerprint density at radius 3 is 2.82 bits per heavy atom. The molecule has 2 nitrogen and oxygen atoms in total. The number of methoxy groups -OCH3 is 1. The Hall–Kier alpha value is -1.57. The smallest absolute Gasteiger partial charge is 0.312 e. The highest BCUT2D eigenvalue weighted by Gasteiger charge is 2.32. The molecule has 0 aliphatic heterocycles. The number of carbonyl (C=O) groups is 1. The summed E-state index contributed by atoms with van der Waals surface area (Å²) in [4.78, 5) is 12.0. The molecule has 0 saturated heterocycles. The van der Waals surface area contributed by atoms with Crippen molar-refractivity contribution in [3.8, 4) is 0 Å². The molecule has 0 radical (unpaired) electrons. The zero-order valence-electron chi connectivity index (χ0n) is 14.9. The highest BCUT2D eigenvalue weighted by Crippen LogP contribution is 2.37. The van der Waals surface area contributed by atoms with Gasteiger partial charge in [-0.3, -0.25) is 4.79 Å². The Balaban J connectivity index is 2.77. The van der Waals surface area contributed by atoms with Crippen LogP contribution in [-0.4, -0.2) is 13.1 Å².